The molecule has 0 rings (SSSR count). The van der Waals surface area contributed by atoms with Crippen LogP contribution in [0.2, 0.25) is 0 Å². The number of hydrogen-bond donors (Lipinski definition) is 1. The highest BCUT2D eigenvalue weighted by molar-refractivity contribution is 5.81. The molecule has 0 aromatic heterocycles. The lowest BCUT2D eigenvalue weighted by Crippen LogP contribution is -2.44. The van der Waals surface area contributed by atoms with Crippen LogP contribution in [0.3, 0.4) is 0 Å². The number of carbonyl (C=O) groups is 1. The largest absolute Gasteiger partial charge is 0.342 e. The van der Waals surface area contributed by atoms with Crippen LogP contribution >= 0.6 is 0 Å². The molecule has 4 heteroatoms. The average molecular weight is 271 g/mol. The summed E-state index contributed by atoms with van der Waals surface area (Å²) in [4.78, 5) is 16.5. The van der Waals surface area contributed by atoms with Gasteiger partial charge in [-0.15, -0.1) is 0 Å². The van der Waals surface area contributed by atoms with Gasteiger partial charge in [0.2, 0.25) is 5.91 Å². The molecule has 0 aliphatic carbocycles. The van der Waals surface area contributed by atoms with Gasteiger partial charge < -0.3 is 15.5 Å². The van der Waals surface area contributed by atoms with E-state index in [-0.39, 0.29) is 11.9 Å². The summed E-state index contributed by atoms with van der Waals surface area (Å²) in [5, 5.41) is 0. The smallest absolute Gasteiger partial charge is 0.239 e. The Bertz CT molecular complexity index is 229. The molecular formula is C15H33N3O. The van der Waals surface area contributed by atoms with Gasteiger partial charge in [-0.3, -0.25) is 4.79 Å². The molecule has 0 fully saturated rings. The first-order valence-corrected chi connectivity index (χ1v) is 7.87. The number of amides is 1. The summed E-state index contributed by atoms with van der Waals surface area (Å²) >= 11 is 0. The maximum atomic E-state index is 12.2. The van der Waals surface area contributed by atoms with Gasteiger partial charge in [-0.2, -0.15) is 0 Å². The van der Waals surface area contributed by atoms with E-state index in [1.165, 1.54) is 0 Å². The average Bonchev–Trinajstić information content (AvgIpc) is 2.44. The third-order valence-electron chi connectivity index (χ3n) is 3.68. The first-order valence-electron chi connectivity index (χ1n) is 7.87. The number of nitrogens with zero attached hydrogens (tertiary/aromatic N) is 2. The molecule has 1 amide bonds. The molecule has 4 nitrogen and oxygen atoms in total. The molecule has 0 aromatic carbocycles. The van der Waals surface area contributed by atoms with Gasteiger partial charge >= 0.3 is 0 Å². The second kappa shape index (κ2) is 11.2. The summed E-state index contributed by atoms with van der Waals surface area (Å²) < 4.78 is 0. The van der Waals surface area contributed by atoms with Crippen LogP contribution in [-0.4, -0.2) is 54.5 Å². The fourth-order valence-electron chi connectivity index (χ4n) is 2.23. The summed E-state index contributed by atoms with van der Waals surface area (Å²) in [6.07, 6.45) is 3.96. The first-order chi connectivity index (χ1) is 9.10. The van der Waals surface area contributed by atoms with E-state index in [0.29, 0.717) is 0 Å². The highest BCUT2D eigenvalue weighted by Crippen LogP contribution is 2.04. The van der Waals surface area contributed by atoms with Gasteiger partial charge in [0.25, 0.3) is 0 Å². The van der Waals surface area contributed by atoms with Crippen LogP contribution in [0.25, 0.3) is 0 Å². The molecule has 0 saturated carbocycles. The Morgan fingerprint density at radius 2 is 1.63 bits per heavy atom. The standard InChI is InChI=1S/C15H33N3O/c1-5-9-11-14(16)15(19)18(8-4)13-10-12-17(6-2)7-3/h14H,5-13,16H2,1-4H3/t14-/m0/s1. The zero-order valence-electron chi connectivity index (χ0n) is 13.3. The number of nitrogens with two attached hydrogens (primary N) is 1. The maximum Gasteiger partial charge on any atom is 0.239 e. The SMILES string of the molecule is CCCC[C@H](N)C(=O)N(CC)CCCN(CC)CC. The number of unbranched alkanes of at least 4 members (excludes halogenated alkanes) is 1. The highest BCUT2D eigenvalue weighted by atomic mass is 16.2. The van der Waals surface area contributed by atoms with Crippen LogP contribution < -0.4 is 5.73 Å². The van der Waals surface area contributed by atoms with E-state index in [1.807, 2.05) is 11.8 Å². The maximum absolute atomic E-state index is 12.2. The van der Waals surface area contributed by atoms with Crippen LogP contribution in [0.15, 0.2) is 0 Å². The van der Waals surface area contributed by atoms with Crippen molar-refractivity contribution in [3.05, 3.63) is 0 Å². The van der Waals surface area contributed by atoms with Crippen LogP contribution in [-0.2, 0) is 4.79 Å². The van der Waals surface area contributed by atoms with Crippen LogP contribution in [0.5, 0.6) is 0 Å². The van der Waals surface area contributed by atoms with E-state index in [0.717, 1.165) is 58.4 Å². The lowest BCUT2D eigenvalue weighted by Gasteiger charge is -2.26. The van der Waals surface area contributed by atoms with Crippen molar-refractivity contribution in [1.82, 2.24) is 9.80 Å². The minimum atomic E-state index is -0.312. The van der Waals surface area contributed by atoms with Crippen molar-refractivity contribution >= 4 is 5.91 Å². The molecule has 0 aliphatic rings. The van der Waals surface area contributed by atoms with Gasteiger partial charge in [-0.1, -0.05) is 33.6 Å². The fraction of sp³-hybridized carbons (Fsp3) is 0.933. The van der Waals surface area contributed by atoms with Crippen molar-refractivity contribution in [1.29, 1.82) is 0 Å². The van der Waals surface area contributed by atoms with Crippen LogP contribution in [0.1, 0.15) is 53.4 Å². The van der Waals surface area contributed by atoms with Gasteiger partial charge in [0.1, 0.15) is 0 Å². The summed E-state index contributed by atoms with van der Waals surface area (Å²) in [6, 6.07) is -0.312. The van der Waals surface area contributed by atoms with Crippen molar-refractivity contribution < 1.29 is 4.79 Å². The molecule has 0 aliphatic heterocycles. The second-order valence-electron chi connectivity index (χ2n) is 5.05. The molecule has 0 unspecified atom stereocenters. The van der Waals surface area contributed by atoms with E-state index in [9.17, 15) is 4.79 Å². The van der Waals surface area contributed by atoms with Crippen molar-refractivity contribution in [2.75, 3.05) is 32.7 Å². The number of rotatable bonds is 11. The molecule has 0 heterocycles. The van der Waals surface area contributed by atoms with E-state index < -0.39 is 0 Å². The summed E-state index contributed by atoms with van der Waals surface area (Å²) in [5.41, 5.74) is 5.96. The Hall–Kier alpha value is -0.610. The van der Waals surface area contributed by atoms with E-state index >= 15 is 0 Å². The molecule has 19 heavy (non-hydrogen) atoms. The number of carbonyl (C=O) groups excluding carboxylic acids is 1. The molecule has 0 radical (unpaired) electrons. The van der Waals surface area contributed by atoms with Gasteiger partial charge in [0, 0.05) is 13.1 Å². The molecule has 114 valence electrons. The molecule has 0 saturated heterocycles. The molecule has 2 N–H and O–H groups in total. The minimum Gasteiger partial charge on any atom is -0.342 e. The minimum absolute atomic E-state index is 0.121. The van der Waals surface area contributed by atoms with Crippen LogP contribution in [0, 0.1) is 0 Å². The van der Waals surface area contributed by atoms with Crippen LogP contribution in [0.4, 0.5) is 0 Å². The monoisotopic (exact) mass is 271 g/mol. The Kier molecular flexibility index (Phi) is 10.9. The third-order valence-corrected chi connectivity index (χ3v) is 3.68. The number of hydrogen-bond acceptors (Lipinski definition) is 3. The summed E-state index contributed by atoms with van der Waals surface area (Å²) in [7, 11) is 0. The van der Waals surface area contributed by atoms with Gasteiger partial charge in [-0.25, -0.2) is 0 Å². The predicted octanol–water partition coefficient (Wildman–Crippen LogP) is 2.08. The predicted molar refractivity (Wildman–Crippen MR) is 82.2 cm³/mol. The number of likely N-dealkylation sites (N-methyl/N-ethyl adjacent to an activating group) is 1. The third kappa shape index (κ3) is 7.53. The second-order valence-corrected chi connectivity index (χ2v) is 5.05. The Labute approximate surface area is 119 Å². The lowest BCUT2D eigenvalue weighted by atomic mass is 10.1. The Morgan fingerprint density at radius 1 is 1.00 bits per heavy atom. The Balaban J connectivity index is 4.07. The van der Waals surface area contributed by atoms with E-state index in [1.54, 1.807) is 0 Å². The lowest BCUT2D eigenvalue weighted by molar-refractivity contribution is -0.132. The first kappa shape index (κ1) is 18.4. The quantitative estimate of drug-likeness (QED) is 0.626. The molecule has 0 spiro atoms. The van der Waals surface area contributed by atoms with E-state index in [2.05, 4.69) is 25.7 Å². The molecule has 0 bridgehead atoms. The van der Waals surface area contributed by atoms with Gasteiger partial charge in [0.15, 0.2) is 0 Å². The topological polar surface area (TPSA) is 49.6 Å². The molecular weight excluding hydrogens is 238 g/mol. The van der Waals surface area contributed by atoms with Crippen molar-refractivity contribution in [2.24, 2.45) is 5.73 Å². The molecule has 1 atom stereocenters. The summed E-state index contributed by atoms with van der Waals surface area (Å²) in [5.74, 6) is 0.121. The zero-order chi connectivity index (χ0) is 14.7. The van der Waals surface area contributed by atoms with Crippen molar-refractivity contribution in [2.45, 2.75) is 59.4 Å². The highest BCUT2D eigenvalue weighted by Gasteiger charge is 2.18. The normalized spacial score (nSPS) is 12.7. The Morgan fingerprint density at radius 3 is 2.11 bits per heavy atom. The summed E-state index contributed by atoms with van der Waals surface area (Å²) in [6.45, 7) is 13.3. The van der Waals surface area contributed by atoms with Crippen molar-refractivity contribution in [3.63, 3.8) is 0 Å². The van der Waals surface area contributed by atoms with E-state index in [4.69, 9.17) is 5.73 Å². The van der Waals surface area contributed by atoms with Gasteiger partial charge in [0.05, 0.1) is 6.04 Å². The van der Waals surface area contributed by atoms with Crippen molar-refractivity contribution in [3.8, 4) is 0 Å². The molecule has 0 aromatic rings. The zero-order valence-corrected chi connectivity index (χ0v) is 13.3. The van der Waals surface area contributed by atoms with Gasteiger partial charge in [-0.05, 0) is 39.4 Å². The fourth-order valence-corrected chi connectivity index (χ4v) is 2.23.